The monoisotopic (exact) mass is 337 g/mol. The van der Waals surface area contributed by atoms with Crippen LogP contribution >= 0.6 is 0 Å². The van der Waals surface area contributed by atoms with Crippen molar-refractivity contribution in [3.8, 4) is 0 Å². The van der Waals surface area contributed by atoms with Gasteiger partial charge in [-0.2, -0.15) is 0 Å². The van der Waals surface area contributed by atoms with Crippen LogP contribution in [0.15, 0.2) is 48.8 Å². The lowest BCUT2D eigenvalue weighted by Gasteiger charge is -2.47. The summed E-state index contributed by atoms with van der Waals surface area (Å²) in [5.74, 6) is 0. The Labute approximate surface area is 150 Å². The third-order valence-electron chi connectivity index (χ3n) is 5.57. The second kappa shape index (κ2) is 7.65. The Bertz CT molecular complexity index is 691. The largest absolute Gasteiger partial charge is 0.375 e. The maximum Gasteiger partial charge on any atom is 0.0755 e. The van der Waals surface area contributed by atoms with E-state index >= 15 is 0 Å². The molecule has 4 nitrogen and oxygen atoms in total. The summed E-state index contributed by atoms with van der Waals surface area (Å²) in [7, 11) is 0. The fourth-order valence-electron chi connectivity index (χ4n) is 4.10. The van der Waals surface area contributed by atoms with Crippen molar-refractivity contribution in [2.24, 2.45) is 0 Å². The lowest BCUT2D eigenvalue weighted by Crippen LogP contribution is -2.59. The zero-order chi connectivity index (χ0) is 17.1. The van der Waals surface area contributed by atoms with Crippen LogP contribution in [0.25, 0.3) is 0 Å². The van der Waals surface area contributed by atoms with Gasteiger partial charge in [-0.15, -0.1) is 0 Å². The zero-order valence-electron chi connectivity index (χ0n) is 15.0. The Kier molecular flexibility index (Phi) is 5.11. The minimum absolute atomic E-state index is 0.378. The van der Waals surface area contributed by atoms with Gasteiger partial charge in [0.2, 0.25) is 0 Å². The van der Waals surface area contributed by atoms with Gasteiger partial charge >= 0.3 is 0 Å². The van der Waals surface area contributed by atoms with Crippen LogP contribution in [-0.2, 0) is 17.8 Å². The Hall–Kier alpha value is -1.75. The summed E-state index contributed by atoms with van der Waals surface area (Å²) < 4.78 is 6.09. The Morgan fingerprint density at radius 3 is 2.76 bits per heavy atom. The molecular weight excluding hydrogens is 310 g/mol. The number of nitrogens with zero attached hydrogens (tertiary/aromatic N) is 3. The van der Waals surface area contributed by atoms with Gasteiger partial charge in [-0.25, -0.2) is 0 Å². The summed E-state index contributed by atoms with van der Waals surface area (Å²) in [6.07, 6.45) is 5.28. The molecular formula is C21H27N3O. The number of fused-ring (bicyclic) bond motifs is 1. The van der Waals surface area contributed by atoms with Crippen LogP contribution in [0.3, 0.4) is 0 Å². The molecule has 1 aromatic heterocycles. The van der Waals surface area contributed by atoms with E-state index in [1.807, 2.05) is 12.4 Å². The normalized spacial score (nSPS) is 24.8. The molecule has 2 aromatic rings. The van der Waals surface area contributed by atoms with Crippen LogP contribution in [0.1, 0.15) is 23.1 Å². The molecule has 0 unspecified atom stereocenters. The highest BCUT2D eigenvalue weighted by molar-refractivity contribution is 5.25. The number of morpholine rings is 1. The van der Waals surface area contributed by atoms with Crippen molar-refractivity contribution in [2.45, 2.75) is 38.6 Å². The predicted octanol–water partition coefficient (Wildman–Crippen LogP) is 2.87. The first-order valence-corrected chi connectivity index (χ1v) is 9.31. The van der Waals surface area contributed by atoms with Crippen LogP contribution in [0.5, 0.6) is 0 Å². The zero-order valence-corrected chi connectivity index (χ0v) is 15.0. The van der Waals surface area contributed by atoms with Gasteiger partial charge in [0.25, 0.3) is 0 Å². The summed E-state index contributed by atoms with van der Waals surface area (Å²) in [6, 6.07) is 13.5. The molecule has 2 aliphatic rings. The number of pyridine rings is 1. The predicted molar refractivity (Wildman–Crippen MR) is 99.2 cm³/mol. The van der Waals surface area contributed by atoms with Gasteiger partial charge in [0.05, 0.1) is 12.7 Å². The van der Waals surface area contributed by atoms with Crippen molar-refractivity contribution in [1.82, 2.24) is 14.8 Å². The van der Waals surface area contributed by atoms with Crippen molar-refractivity contribution in [3.63, 3.8) is 0 Å². The smallest absolute Gasteiger partial charge is 0.0755 e. The molecule has 0 bridgehead atoms. The number of hydrogen-bond donors (Lipinski definition) is 0. The molecule has 25 heavy (non-hydrogen) atoms. The molecule has 0 spiro atoms. The average molecular weight is 337 g/mol. The number of likely N-dealkylation sites (tertiary alicyclic amines) is 1. The van der Waals surface area contributed by atoms with Gasteiger partial charge < -0.3 is 4.74 Å². The molecule has 0 N–H and O–H groups in total. The van der Waals surface area contributed by atoms with E-state index in [0.717, 1.165) is 45.8 Å². The SMILES string of the molecule is Cc1ccccc1CN1CC[C@@H]2OCCN(Cc3ccncc3)[C@H]2C1. The first kappa shape index (κ1) is 16.7. The van der Waals surface area contributed by atoms with Crippen molar-refractivity contribution in [2.75, 3.05) is 26.2 Å². The third kappa shape index (κ3) is 3.92. The molecule has 132 valence electrons. The summed E-state index contributed by atoms with van der Waals surface area (Å²) in [5.41, 5.74) is 4.17. The lowest BCUT2D eigenvalue weighted by atomic mass is 9.97. The minimum atomic E-state index is 0.378. The molecule has 3 heterocycles. The van der Waals surface area contributed by atoms with E-state index in [0.29, 0.717) is 12.1 Å². The summed E-state index contributed by atoms with van der Waals surface area (Å²) in [6.45, 7) is 8.32. The van der Waals surface area contributed by atoms with E-state index in [9.17, 15) is 0 Å². The summed E-state index contributed by atoms with van der Waals surface area (Å²) in [5, 5.41) is 0. The van der Waals surface area contributed by atoms with E-state index in [2.05, 4.69) is 58.1 Å². The Balaban J connectivity index is 1.45. The van der Waals surface area contributed by atoms with E-state index in [1.165, 1.54) is 16.7 Å². The van der Waals surface area contributed by atoms with E-state index < -0.39 is 0 Å². The van der Waals surface area contributed by atoms with Crippen molar-refractivity contribution in [1.29, 1.82) is 0 Å². The Morgan fingerprint density at radius 2 is 1.92 bits per heavy atom. The first-order chi connectivity index (χ1) is 12.3. The molecule has 0 amide bonds. The second-order valence-corrected chi connectivity index (χ2v) is 7.25. The van der Waals surface area contributed by atoms with Crippen LogP contribution < -0.4 is 0 Å². The van der Waals surface area contributed by atoms with E-state index in [-0.39, 0.29) is 0 Å². The van der Waals surface area contributed by atoms with Crippen LogP contribution in [0, 0.1) is 6.92 Å². The Morgan fingerprint density at radius 1 is 1.08 bits per heavy atom. The highest BCUT2D eigenvalue weighted by atomic mass is 16.5. The number of rotatable bonds is 4. The summed E-state index contributed by atoms with van der Waals surface area (Å²) >= 11 is 0. The van der Waals surface area contributed by atoms with Crippen LogP contribution in [0.4, 0.5) is 0 Å². The van der Waals surface area contributed by atoms with E-state index in [1.54, 1.807) is 0 Å². The first-order valence-electron chi connectivity index (χ1n) is 9.31. The van der Waals surface area contributed by atoms with Gasteiger partial charge in [0.15, 0.2) is 0 Å². The van der Waals surface area contributed by atoms with Gasteiger partial charge in [-0.05, 0) is 42.2 Å². The molecule has 2 fully saturated rings. The maximum atomic E-state index is 6.09. The number of aromatic nitrogens is 1. The fourth-order valence-corrected chi connectivity index (χ4v) is 4.10. The topological polar surface area (TPSA) is 28.6 Å². The maximum absolute atomic E-state index is 6.09. The van der Waals surface area contributed by atoms with Gasteiger partial charge in [-0.3, -0.25) is 14.8 Å². The van der Waals surface area contributed by atoms with Gasteiger partial charge in [-0.1, -0.05) is 24.3 Å². The molecule has 1 aromatic carbocycles. The fraction of sp³-hybridized carbons (Fsp3) is 0.476. The number of hydrogen-bond acceptors (Lipinski definition) is 4. The van der Waals surface area contributed by atoms with Crippen LogP contribution in [-0.4, -0.2) is 53.2 Å². The standard InChI is InChI=1S/C21H27N3O/c1-17-4-2-3-5-19(17)15-23-11-8-21-20(16-23)24(12-13-25-21)14-18-6-9-22-10-7-18/h2-7,9-10,20-21H,8,11-16H2,1H3/t20-,21-/m0/s1. The molecule has 2 aliphatic heterocycles. The van der Waals surface area contributed by atoms with Gasteiger partial charge in [0, 0.05) is 51.2 Å². The molecule has 4 rings (SSSR count). The van der Waals surface area contributed by atoms with Crippen LogP contribution in [0.2, 0.25) is 0 Å². The van der Waals surface area contributed by atoms with E-state index in [4.69, 9.17) is 4.74 Å². The molecule has 0 saturated carbocycles. The third-order valence-corrected chi connectivity index (χ3v) is 5.57. The number of benzene rings is 1. The number of ether oxygens (including phenoxy) is 1. The minimum Gasteiger partial charge on any atom is -0.375 e. The average Bonchev–Trinajstić information content (AvgIpc) is 2.65. The van der Waals surface area contributed by atoms with Gasteiger partial charge in [0.1, 0.15) is 0 Å². The number of aryl methyl sites for hydroxylation is 1. The summed E-state index contributed by atoms with van der Waals surface area (Å²) in [4.78, 5) is 9.34. The molecule has 0 aliphatic carbocycles. The second-order valence-electron chi connectivity index (χ2n) is 7.25. The highest BCUT2D eigenvalue weighted by Gasteiger charge is 2.36. The van der Waals surface area contributed by atoms with Crippen molar-refractivity contribution in [3.05, 3.63) is 65.5 Å². The van der Waals surface area contributed by atoms with Crippen molar-refractivity contribution < 1.29 is 4.74 Å². The lowest BCUT2D eigenvalue weighted by molar-refractivity contribution is -0.107. The highest BCUT2D eigenvalue weighted by Crippen LogP contribution is 2.26. The quantitative estimate of drug-likeness (QED) is 0.858. The molecule has 2 saturated heterocycles. The molecule has 4 heteroatoms. The number of piperidine rings is 1. The molecule has 2 atom stereocenters. The van der Waals surface area contributed by atoms with Crippen molar-refractivity contribution >= 4 is 0 Å². The molecule has 0 radical (unpaired) electrons.